The van der Waals surface area contributed by atoms with Gasteiger partial charge in [-0.15, -0.1) is 0 Å². The van der Waals surface area contributed by atoms with Crippen LogP contribution in [0.15, 0.2) is 0 Å². The molecule has 0 aliphatic carbocycles. The minimum absolute atomic E-state index is 0.116. The summed E-state index contributed by atoms with van der Waals surface area (Å²) in [7, 11) is 2.11. The summed E-state index contributed by atoms with van der Waals surface area (Å²) in [6.07, 6.45) is 4.85. The zero-order valence-corrected chi connectivity index (χ0v) is 16.9. The summed E-state index contributed by atoms with van der Waals surface area (Å²) in [4.78, 5) is 33.8. The fourth-order valence-electron chi connectivity index (χ4n) is 4.62. The molecule has 0 bridgehead atoms. The van der Waals surface area contributed by atoms with Gasteiger partial charge in [0.25, 0.3) is 0 Å². The van der Waals surface area contributed by atoms with Crippen LogP contribution < -0.4 is 0 Å². The quantitative estimate of drug-likeness (QED) is 0.771. The summed E-state index contributed by atoms with van der Waals surface area (Å²) in [6.45, 7) is 11.4. The lowest BCUT2D eigenvalue weighted by molar-refractivity contribution is -0.139. The molecule has 0 radical (unpaired) electrons. The molecular formula is C20H36N4O2. The van der Waals surface area contributed by atoms with Gasteiger partial charge in [-0.05, 0) is 38.6 Å². The van der Waals surface area contributed by atoms with Crippen molar-refractivity contribution in [1.82, 2.24) is 19.6 Å². The van der Waals surface area contributed by atoms with Gasteiger partial charge in [0.1, 0.15) is 0 Å². The first-order chi connectivity index (χ1) is 12.4. The molecule has 1 atom stereocenters. The molecule has 3 amide bonds. The van der Waals surface area contributed by atoms with Gasteiger partial charge in [-0.1, -0.05) is 13.8 Å². The van der Waals surface area contributed by atoms with Crippen molar-refractivity contribution in [1.29, 1.82) is 0 Å². The van der Waals surface area contributed by atoms with Crippen LogP contribution in [0.5, 0.6) is 0 Å². The Hall–Kier alpha value is -1.30. The Balaban J connectivity index is 1.61. The average Bonchev–Trinajstić information content (AvgIpc) is 2.63. The summed E-state index contributed by atoms with van der Waals surface area (Å²) >= 11 is 0. The lowest BCUT2D eigenvalue weighted by Gasteiger charge is -2.49. The van der Waals surface area contributed by atoms with Crippen LogP contribution in [0.2, 0.25) is 0 Å². The van der Waals surface area contributed by atoms with E-state index in [0.717, 1.165) is 78.0 Å². The Kier molecular flexibility index (Phi) is 6.10. The maximum Gasteiger partial charge on any atom is 0.320 e. The first-order valence-corrected chi connectivity index (χ1v) is 10.4. The van der Waals surface area contributed by atoms with Gasteiger partial charge in [-0.3, -0.25) is 4.79 Å². The van der Waals surface area contributed by atoms with E-state index in [-0.39, 0.29) is 11.4 Å². The lowest BCUT2D eigenvalue weighted by atomic mass is 9.73. The van der Waals surface area contributed by atoms with Crippen LogP contribution >= 0.6 is 0 Å². The van der Waals surface area contributed by atoms with E-state index < -0.39 is 0 Å². The van der Waals surface area contributed by atoms with Crippen LogP contribution in [0.3, 0.4) is 0 Å². The number of carbonyl (C=O) groups is 2. The van der Waals surface area contributed by atoms with Gasteiger partial charge in [-0.25, -0.2) is 4.79 Å². The van der Waals surface area contributed by atoms with E-state index in [4.69, 9.17) is 0 Å². The minimum atomic E-state index is 0.116. The number of carbonyl (C=O) groups excluding carboxylic acids is 2. The van der Waals surface area contributed by atoms with Gasteiger partial charge >= 0.3 is 6.03 Å². The number of rotatable bonds is 3. The van der Waals surface area contributed by atoms with Gasteiger partial charge in [0, 0.05) is 64.2 Å². The highest BCUT2D eigenvalue weighted by molar-refractivity contribution is 5.77. The fraction of sp³-hybridized carbons (Fsp3) is 0.900. The number of hydrogen-bond donors (Lipinski definition) is 0. The molecular weight excluding hydrogens is 328 g/mol. The van der Waals surface area contributed by atoms with Crippen molar-refractivity contribution in [2.24, 2.45) is 11.3 Å². The largest absolute Gasteiger partial charge is 0.342 e. The summed E-state index contributed by atoms with van der Waals surface area (Å²) in [5, 5.41) is 0. The van der Waals surface area contributed by atoms with Crippen LogP contribution in [0.1, 0.15) is 46.0 Å². The Bertz CT molecular complexity index is 516. The molecule has 3 aliphatic heterocycles. The molecule has 6 nitrogen and oxygen atoms in total. The number of likely N-dealkylation sites (tertiary alicyclic amines) is 2. The topological polar surface area (TPSA) is 47.1 Å². The highest BCUT2D eigenvalue weighted by Crippen LogP contribution is 2.39. The van der Waals surface area contributed by atoms with E-state index in [9.17, 15) is 9.59 Å². The Morgan fingerprint density at radius 1 is 1.04 bits per heavy atom. The second-order valence-corrected chi connectivity index (χ2v) is 9.10. The predicted molar refractivity (Wildman–Crippen MR) is 103 cm³/mol. The van der Waals surface area contributed by atoms with Crippen LogP contribution in [0, 0.1) is 11.3 Å². The molecule has 26 heavy (non-hydrogen) atoms. The summed E-state index contributed by atoms with van der Waals surface area (Å²) in [5.41, 5.74) is 0.116. The molecule has 3 heterocycles. The van der Waals surface area contributed by atoms with Crippen LogP contribution in [-0.2, 0) is 4.79 Å². The van der Waals surface area contributed by atoms with Gasteiger partial charge in [0.15, 0.2) is 0 Å². The van der Waals surface area contributed by atoms with Gasteiger partial charge < -0.3 is 19.6 Å². The fourth-order valence-corrected chi connectivity index (χ4v) is 4.62. The second kappa shape index (κ2) is 8.15. The van der Waals surface area contributed by atoms with Gasteiger partial charge in [0.2, 0.25) is 5.91 Å². The number of piperidine rings is 2. The Morgan fingerprint density at radius 3 is 2.46 bits per heavy atom. The highest BCUT2D eigenvalue weighted by Gasteiger charge is 2.43. The molecule has 6 heteroatoms. The molecule has 1 spiro atoms. The lowest BCUT2D eigenvalue weighted by Crippen LogP contribution is -2.58. The van der Waals surface area contributed by atoms with E-state index >= 15 is 0 Å². The number of piperazine rings is 1. The number of likely N-dealkylation sites (N-methyl/N-ethyl adjacent to an activating group) is 1. The summed E-state index contributed by atoms with van der Waals surface area (Å²) in [5.74, 6) is 0.918. The zero-order chi connectivity index (χ0) is 18.7. The molecule has 3 rings (SSSR count). The van der Waals surface area contributed by atoms with Crippen molar-refractivity contribution in [3.8, 4) is 0 Å². The number of urea groups is 1. The van der Waals surface area contributed by atoms with E-state index in [1.165, 1.54) is 0 Å². The third-order valence-corrected chi connectivity index (χ3v) is 6.43. The standard InChI is InChI=1S/C20H36N4O2/c1-17(2)6-10-23-15-20(8-5-18(23)25)7-4-9-24(16-20)19(26)22-13-11-21(3)12-14-22/h17H,4-16H2,1-3H3. The van der Waals surface area contributed by atoms with Crippen molar-refractivity contribution in [2.45, 2.75) is 46.0 Å². The minimum Gasteiger partial charge on any atom is -0.342 e. The van der Waals surface area contributed by atoms with Crippen molar-refractivity contribution in [3.63, 3.8) is 0 Å². The maximum absolute atomic E-state index is 13.0. The maximum atomic E-state index is 13.0. The first kappa shape index (κ1) is 19.5. The molecule has 3 fully saturated rings. The molecule has 0 saturated carbocycles. The Labute approximate surface area is 158 Å². The monoisotopic (exact) mass is 364 g/mol. The van der Waals surface area contributed by atoms with E-state index in [2.05, 4.69) is 35.6 Å². The normalized spacial score (nSPS) is 28.3. The number of amides is 3. The Morgan fingerprint density at radius 2 is 1.77 bits per heavy atom. The number of nitrogens with zero attached hydrogens (tertiary/aromatic N) is 4. The van der Waals surface area contributed by atoms with E-state index in [0.29, 0.717) is 18.2 Å². The van der Waals surface area contributed by atoms with Crippen molar-refractivity contribution < 1.29 is 9.59 Å². The van der Waals surface area contributed by atoms with E-state index in [1.54, 1.807) is 0 Å². The summed E-state index contributed by atoms with van der Waals surface area (Å²) < 4.78 is 0. The molecule has 0 aromatic heterocycles. The van der Waals surface area contributed by atoms with Crippen molar-refractivity contribution in [2.75, 3.05) is 59.4 Å². The molecule has 0 aromatic carbocycles. The molecule has 3 saturated heterocycles. The molecule has 0 N–H and O–H groups in total. The molecule has 0 aromatic rings. The average molecular weight is 365 g/mol. The third-order valence-electron chi connectivity index (χ3n) is 6.43. The first-order valence-electron chi connectivity index (χ1n) is 10.4. The summed E-state index contributed by atoms with van der Waals surface area (Å²) in [6, 6.07) is 0.211. The van der Waals surface area contributed by atoms with Crippen LogP contribution in [0.4, 0.5) is 4.79 Å². The molecule has 1 unspecified atom stereocenters. The second-order valence-electron chi connectivity index (χ2n) is 9.10. The van der Waals surface area contributed by atoms with Crippen LogP contribution in [-0.4, -0.2) is 90.9 Å². The van der Waals surface area contributed by atoms with Gasteiger partial charge in [0.05, 0.1) is 0 Å². The smallest absolute Gasteiger partial charge is 0.320 e. The van der Waals surface area contributed by atoms with Crippen molar-refractivity contribution in [3.05, 3.63) is 0 Å². The molecule has 148 valence electrons. The third kappa shape index (κ3) is 4.51. The van der Waals surface area contributed by atoms with Crippen LogP contribution in [0.25, 0.3) is 0 Å². The van der Waals surface area contributed by atoms with Gasteiger partial charge in [-0.2, -0.15) is 0 Å². The number of hydrogen-bond acceptors (Lipinski definition) is 3. The van der Waals surface area contributed by atoms with Crippen molar-refractivity contribution >= 4 is 11.9 Å². The SMILES string of the molecule is CC(C)CCN1CC2(CCCN(C(=O)N3CCN(C)CC3)C2)CCC1=O. The highest BCUT2D eigenvalue weighted by atomic mass is 16.2. The predicted octanol–water partition coefficient (Wildman–Crippen LogP) is 2.10. The zero-order valence-electron chi connectivity index (χ0n) is 16.9. The van der Waals surface area contributed by atoms with E-state index in [1.807, 2.05) is 4.90 Å². The molecule has 3 aliphatic rings.